The van der Waals surface area contributed by atoms with Gasteiger partial charge in [0.05, 0.1) is 108 Å². The Morgan fingerprint density at radius 2 is 1.29 bits per heavy atom. The average molecular weight is 1070 g/mol. The number of carbonyl (C=O) groups excluding carboxylic acids is 6. The molecule has 19 heteroatoms. The van der Waals surface area contributed by atoms with Crippen LogP contribution in [0, 0.1) is 29.6 Å². The number of likely N-dealkylation sites (tertiary alicyclic amines) is 1. The monoisotopic (exact) mass is 1060 g/mol. The minimum atomic E-state index is -0.908. The number of esters is 1. The van der Waals surface area contributed by atoms with Crippen LogP contribution < -0.4 is 5.32 Å². The highest BCUT2D eigenvalue weighted by Gasteiger charge is 2.44. The van der Waals surface area contributed by atoms with E-state index in [4.69, 9.17) is 37.9 Å². The van der Waals surface area contributed by atoms with Gasteiger partial charge in [-0.1, -0.05) is 85.2 Å². The quantitative estimate of drug-likeness (QED) is 0.0640. The lowest BCUT2D eigenvalue weighted by Crippen LogP contribution is -2.55. The number of nitrogens with one attached hydrogen (secondary N) is 1. The standard InChI is InChI=1S/C56H96N4O15/c1-16-39(6)51(46(68-14)34-47(62)60-24-20-23-44(60)53(69-15)40(7)54(66)57-41(8)52(65)42-21-18-17-19-22-42)59(13)55(67)43(37(2)3)33-45(61)50(38(4)5)58(12)48(63)35-73-31-29-71-27-25-70-26-28-72-30-32-74-36-49(64)75-56(9,10)11/h17-19,21-22,37-41,43-44,46,50-53,65H,16,20,23-36H2,1-15H3,(H,57,66)/t39-,40+,41+,43-,44-,46+,50-,51-,52+,53+/m0/s1. The maximum atomic E-state index is 14.7. The number of hydrogen-bond acceptors (Lipinski definition) is 15. The summed E-state index contributed by atoms with van der Waals surface area (Å²) in [5.41, 5.74) is 0.129. The summed E-state index contributed by atoms with van der Waals surface area (Å²) in [5, 5.41) is 13.9. The summed E-state index contributed by atoms with van der Waals surface area (Å²) in [6.07, 6.45) is -0.303. The van der Waals surface area contributed by atoms with Gasteiger partial charge < -0.3 is 63.0 Å². The lowest BCUT2D eigenvalue weighted by molar-refractivity contribution is -0.160. The van der Waals surface area contributed by atoms with Crippen LogP contribution in [0.25, 0.3) is 0 Å². The highest BCUT2D eigenvalue weighted by molar-refractivity contribution is 5.93. The van der Waals surface area contributed by atoms with Gasteiger partial charge in [-0.25, -0.2) is 4.79 Å². The molecule has 0 aromatic heterocycles. The largest absolute Gasteiger partial charge is 0.458 e. The number of ether oxygens (including phenoxy) is 8. The van der Waals surface area contributed by atoms with E-state index in [0.29, 0.717) is 58.0 Å². The second kappa shape index (κ2) is 34.6. The number of rotatable bonds is 37. The highest BCUT2D eigenvalue weighted by atomic mass is 16.6. The number of nitrogens with zero attached hydrogens (tertiary/aromatic N) is 3. The van der Waals surface area contributed by atoms with E-state index in [1.807, 2.05) is 59.7 Å². The number of Topliss-reactive ketones (excluding diaryl/α,β-unsaturated/α-hetero) is 1. The van der Waals surface area contributed by atoms with Gasteiger partial charge in [-0.05, 0) is 63.9 Å². The fourth-order valence-corrected chi connectivity index (χ4v) is 9.64. The van der Waals surface area contributed by atoms with Gasteiger partial charge in [-0.2, -0.15) is 0 Å². The van der Waals surface area contributed by atoms with Crippen LogP contribution in [-0.2, 0) is 66.7 Å². The van der Waals surface area contributed by atoms with Crippen molar-refractivity contribution in [2.45, 2.75) is 156 Å². The van der Waals surface area contributed by atoms with Crippen LogP contribution >= 0.6 is 0 Å². The predicted octanol–water partition coefficient (Wildman–Crippen LogP) is 5.28. The molecule has 1 saturated heterocycles. The molecule has 2 rings (SSSR count). The van der Waals surface area contributed by atoms with Gasteiger partial charge in [0, 0.05) is 47.2 Å². The number of aliphatic hydroxyl groups is 1. The van der Waals surface area contributed by atoms with Crippen molar-refractivity contribution in [2.24, 2.45) is 29.6 Å². The molecule has 1 aromatic rings. The molecule has 0 radical (unpaired) electrons. The Kier molecular flexibility index (Phi) is 31.0. The van der Waals surface area contributed by atoms with E-state index in [-0.39, 0.29) is 99.1 Å². The van der Waals surface area contributed by atoms with Crippen molar-refractivity contribution in [1.82, 2.24) is 20.0 Å². The van der Waals surface area contributed by atoms with Crippen LogP contribution in [0.3, 0.4) is 0 Å². The summed E-state index contributed by atoms with van der Waals surface area (Å²) in [6.45, 7) is 22.8. The van der Waals surface area contributed by atoms with Crippen molar-refractivity contribution in [2.75, 3.05) is 101 Å². The second-order valence-corrected chi connectivity index (χ2v) is 21.5. The third-order valence-electron chi connectivity index (χ3n) is 13.9. The number of carbonyl (C=O) groups is 6. The van der Waals surface area contributed by atoms with E-state index >= 15 is 0 Å². The SMILES string of the molecule is CC[C@H](C)[C@@H]([C@@H](CC(=O)N1CCC[C@H]1[C@H](OC)[C@@H](C)C(=O)N[C@H](C)[C@@H](O)c1ccccc1)OC)N(C)C(=O)[C@@H](CC(=O)[C@H](C(C)C)N(C)C(=O)COCCOCCOCCOCCOCC(=O)OC(C)(C)C)C(C)C. The lowest BCUT2D eigenvalue weighted by atomic mass is 9.83. The summed E-state index contributed by atoms with van der Waals surface area (Å²) in [6, 6.07) is 6.84. The molecule has 1 aromatic carbocycles. The number of ketones is 1. The molecular weight excluding hydrogens is 969 g/mol. The van der Waals surface area contributed by atoms with Crippen molar-refractivity contribution in [3.05, 3.63) is 35.9 Å². The first kappa shape index (κ1) is 67.0. The van der Waals surface area contributed by atoms with Gasteiger partial charge in [0.25, 0.3) is 0 Å². The molecule has 1 aliphatic rings. The summed E-state index contributed by atoms with van der Waals surface area (Å²) in [5.74, 6) is -3.71. The van der Waals surface area contributed by atoms with E-state index in [9.17, 15) is 33.9 Å². The van der Waals surface area contributed by atoms with Crippen molar-refractivity contribution >= 4 is 35.4 Å². The zero-order valence-corrected chi connectivity index (χ0v) is 48.1. The second-order valence-electron chi connectivity index (χ2n) is 21.5. The zero-order chi connectivity index (χ0) is 56.4. The normalized spacial score (nSPS) is 17.6. The molecule has 1 heterocycles. The first-order chi connectivity index (χ1) is 35.4. The molecule has 19 nitrogen and oxygen atoms in total. The van der Waals surface area contributed by atoms with Crippen LogP contribution in [0.4, 0.5) is 0 Å². The Morgan fingerprint density at radius 1 is 0.747 bits per heavy atom. The molecule has 0 unspecified atom stereocenters. The number of amides is 4. The van der Waals surface area contributed by atoms with Crippen LogP contribution in [0.2, 0.25) is 0 Å². The predicted molar refractivity (Wildman–Crippen MR) is 284 cm³/mol. The topological polar surface area (TPSA) is 218 Å². The Morgan fingerprint density at radius 3 is 1.79 bits per heavy atom. The van der Waals surface area contributed by atoms with Crippen LogP contribution in [-0.4, -0.2) is 198 Å². The number of benzene rings is 1. The van der Waals surface area contributed by atoms with Crippen LogP contribution in [0.5, 0.6) is 0 Å². The Labute approximate surface area is 448 Å². The van der Waals surface area contributed by atoms with Gasteiger partial charge in [-0.15, -0.1) is 0 Å². The molecule has 1 fully saturated rings. The van der Waals surface area contributed by atoms with E-state index < -0.39 is 59.8 Å². The average Bonchev–Trinajstić information content (AvgIpc) is 3.85. The van der Waals surface area contributed by atoms with Crippen molar-refractivity contribution < 1.29 is 71.8 Å². The van der Waals surface area contributed by atoms with Crippen molar-refractivity contribution in [3.63, 3.8) is 0 Å². The number of likely N-dealkylation sites (N-methyl/N-ethyl adjacent to an activating group) is 2. The first-order valence-corrected chi connectivity index (χ1v) is 27.0. The first-order valence-electron chi connectivity index (χ1n) is 27.0. The third kappa shape index (κ3) is 22.8. The van der Waals surface area contributed by atoms with Gasteiger partial charge in [0.1, 0.15) is 18.8 Å². The maximum absolute atomic E-state index is 14.7. The molecule has 75 heavy (non-hydrogen) atoms. The van der Waals surface area contributed by atoms with E-state index in [2.05, 4.69) is 5.32 Å². The highest BCUT2D eigenvalue weighted by Crippen LogP contribution is 2.31. The molecule has 0 aliphatic carbocycles. The molecule has 0 spiro atoms. The number of hydrogen-bond donors (Lipinski definition) is 2. The minimum Gasteiger partial charge on any atom is -0.458 e. The Balaban J connectivity index is 1.97. The van der Waals surface area contributed by atoms with E-state index in [1.54, 1.807) is 70.6 Å². The third-order valence-corrected chi connectivity index (χ3v) is 13.9. The van der Waals surface area contributed by atoms with E-state index in [0.717, 1.165) is 6.42 Å². The molecule has 2 N–H and O–H groups in total. The summed E-state index contributed by atoms with van der Waals surface area (Å²) >= 11 is 0. The Bertz CT molecular complexity index is 1850. The number of aliphatic hydroxyl groups excluding tert-OH is 1. The number of methoxy groups -OCH3 is 2. The lowest BCUT2D eigenvalue weighted by Gasteiger charge is -2.41. The molecule has 430 valence electrons. The summed E-state index contributed by atoms with van der Waals surface area (Å²) in [4.78, 5) is 86.8. The molecular formula is C56H96N4O15. The smallest absolute Gasteiger partial charge is 0.332 e. The minimum absolute atomic E-state index is 0.0253. The van der Waals surface area contributed by atoms with Crippen molar-refractivity contribution in [3.8, 4) is 0 Å². The molecule has 0 saturated carbocycles. The Hall–Kier alpha value is -4.08. The molecule has 1 aliphatic heterocycles. The summed E-state index contributed by atoms with van der Waals surface area (Å²) < 4.78 is 44.6. The van der Waals surface area contributed by atoms with Crippen molar-refractivity contribution in [1.29, 1.82) is 0 Å². The van der Waals surface area contributed by atoms with Gasteiger partial charge in [-0.3, -0.25) is 24.0 Å². The fraction of sp³-hybridized carbons (Fsp3) is 0.786. The molecule has 0 bridgehead atoms. The van der Waals surface area contributed by atoms with Gasteiger partial charge in [0.2, 0.25) is 23.6 Å². The van der Waals surface area contributed by atoms with Gasteiger partial charge in [0.15, 0.2) is 5.78 Å². The zero-order valence-electron chi connectivity index (χ0n) is 48.1. The van der Waals surface area contributed by atoms with Gasteiger partial charge >= 0.3 is 5.97 Å². The summed E-state index contributed by atoms with van der Waals surface area (Å²) in [7, 11) is 6.37. The van der Waals surface area contributed by atoms with Crippen LogP contribution in [0.1, 0.15) is 120 Å². The van der Waals surface area contributed by atoms with Crippen LogP contribution in [0.15, 0.2) is 30.3 Å². The molecule has 10 atom stereocenters. The fourth-order valence-electron chi connectivity index (χ4n) is 9.64. The van der Waals surface area contributed by atoms with E-state index in [1.165, 1.54) is 19.1 Å². The molecule has 4 amide bonds. The maximum Gasteiger partial charge on any atom is 0.332 e.